The lowest BCUT2D eigenvalue weighted by atomic mass is 9.97. The Morgan fingerprint density at radius 3 is 3.00 bits per heavy atom. The number of aryl methyl sites for hydroxylation is 2. The number of hydrogen-bond acceptors (Lipinski definition) is 4. The number of nitrogens with one attached hydrogen (secondary N) is 1. The fourth-order valence-corrected chi connectivity index (χ4v) is 3.81. The second-order valence-electron chi connectivity index (χ2n) is 6.77. The van der Waals surface area contributed by atoms with Gasteiger partial charge in [0.25, 0.3) is 0 Å². The summed E-state index contributed by atoms with van der Waals surface area (Å²) in [7, 11) is 1.95. The van der Waals surface area contributed by atoms with E-state index in [1.165, 1.54) is 16.5 Å². The van der Waals surface area contributed by atoms with Gasteiger partial charge in [-0.25, -0.2) is 0 Å². The van der Waals surface area contributed by atoms with Crippen LogP contribution >= 0.6 is 0 Å². The van der Waals surface area contributed by atoms with E-state index in [4.69, 9.17) is 9.15 Å². The van der Waals surface area contributed by atoms with Crippen LogP contribution in [0.3, 0.4) is 0 Å². The molecule has 1 aromatic carbocycles. The van der Waals surface area contributed by atoms with Crippen LogP contribution in [0.25, 0.3) is 11.0 Å². The quantitative estimate of drug-likeness (QED) is 0.745. The zero-order valence-electron chi connectivity index (χ0n) is 14.9. The minimum absolute atomic E-state index is 0.146. The summed E-state index contributed by atoms with van der Waals surface area (Å²) in [6.07, 6.45) is 6.12. The lowest BCUT2D eigenvalue weighted by Gasteiger charge is -2.18. The Kier molecular flexibility index (Phi) is 4.59. The van der Waals surface area contributed by atoms with Gasteiger partial charge in [0.05, 0.1) is 12.3 Å². The Morgan fingerprint density at radius 1 is 1.32 bits per heavy atom. The first kappa shape index (κ1) is 16.4. The average Bonchev–Trinajstić information content (AvgIpc) is 3.33. The smallest absolute Gasteiger partial charge is 0.134 e. The minimum atomic E-state index is 0.146. The van der Waals surface area contributed by atoms with E-state index in [2.05, 4.69) is 35.7 Å². The number of furan rings is 1. The third-order valence-corrected chi connectivity index (χ3v) is 5.08. The summed E-state index contributed by atoms with van der Waals surface area (Å²) in [5.74, 6) is 1.56. The molecule has 1 aliphatic heterocycles. The molecule has 25 heavy (non-hydrogen) atoms. The molecular formula is C20H25N3O2. The van der Waals surface area contributed by atoms with Crippen molar-refractivity contribution in [2.75, 3.05) is 13.2 Å². The first-order valence-electron chi connectivity index (χ1n) is 9.06. The molecule has 0 bridgehead atoms. The van der Waals surface area contributed by atoms with Crippen LogP contribution in [0.1, 0.15) is 36.3 Å². The summed E-state index contributed by atoms with van der Waals surface area (Å²) in [5, 5.41) is 9.13. The summed E-state index contributed by atoms with van der Waals surface area (Å²) in [5.41, 5.74) is 3.44. The van der Waals surface area contributed by atoms with E-state index in [0.29, 0.717) is 5.92 Å². The van der Waals surface area contributed by atoms with E-state index in [-0.39, 0.29) is 6.10 Å². The van der Waals surface area contributed by atoms with Gasteiger partial charge in [0.1, 0.15) is 11.3 Å². The lowest BCUT2D eigenvalue weighted by Crippen LogP contribution is -2.24. The van der Waals surface area contributed by atoms with Crippen molar-refractivity contribution in [3.8, 4) is 0 Å². The van der Waals surface area contributed by atoms with Crippen molar-refractivity contribution < 1.29 is 9.15 Å². The molecule has 0 radical (unpaired) electrons. The lowest BCUT2D eigenvalue weighted by molar-refractivity contribution is 0.0904. The Bertz CT molecular complexity index is 852. The summed E-state index contributed by atoms with van der Waals surface area (Å²) in [6, 6.07) is 8.29. The van der Waals surface area contributed by atoms with E-state index in [0.717, 1.165) is 43.9 Å². The van der Waals surface area contributed by atoms with Crippen molar-refractivity contribution >= 4 is 11.0 Å². The number of hydrogen-bond donors (Lipinski definition) is 1. The second kappa shape index (κ2) is 7.02. The van der Waals surface area contributed by atoms with E-state index in [1.54, 1.807) is 0 Å². The fourth-order valence-electron chi connectivity index (χ4n) is 3.81. The highest BCUT2D eigenvalue weighted by Gasteiger charge is 2.30. The highest BCUT2D eigenvalue weighted by atomic mass is 16.5. The first-order valence-corrected chi connectivity index (χ1v) is 9.06. The molecule has 5 nitrogen and oxygen atoms in total. The maximum Gasteiger partial charge on any atom is 0.134 e. The van der Waals surface area contributed by atoms with E-state index in [9.17, 15) is 0 Å². The molecule has 1 aliphatic rings. The molecule has 0 amide bonds. The Balaban J connectivity index is 1.44. The molecule has 2 aromatic heterocycles. The van der Waals surface area contributed by atoms with Crippen LogP contribution in [0.15, 0.2) is 41.1 Å². The SMILES string of the molecule is CCc1oc2ccccc2c1CNCC1CCOC1c1cnn(C)c1. The standard InChI is InChI=1S/C20H25N3O2/c1-3-18-17(16-6-4-5-7-19(16)25-18)12-21-10-14-8-9-24-20(14)15-11-22-23(2)13-15/h4-7,11,13-14,20-21H,3,8-10,12H2,1-2H3. The summed E-state index contributed by atoms with van der Waals surface area (Å²) >= 11 is 0. The summed E-state index contributed by atoms with van der Waals surface area (Å²) < 4.78 is 13.8. The molecule has 1 saturated heterocycles. The molecule has 0 aliphatic carbocycles. The molecule has 0 spiro atoms. The highest BCUT2D eigenvalue weighted by Crippen LogP contribution is 2.34. The molecule has 3 heterocycles. The summed E-state index contributed by atoms with van der Waals surface area (Å²) in [6.45, 7) is 4.73. The maximum absolute atomic E-state index is 5.99. The number of rotatable bonds is 6. The monoisotopic (exact) mass is 339 g/mol. The minimum Gasteiger partial charge on any atom is -0.461 e. The van der Waals surface area contributed by atoms with E-state index >= 15 is 0 Å². The van der Waals surface area contributed by atoms with Gasteiger partial charge in [0.2, 0.25) is 0 Å². The maximum atomic E-state index is 5.99. The van der Waals surface area contributed by atoms with Gasteiger partial charge in [0.15, 0.2) is 0 Å². The van der Waals surface area contributed by atoms with Crippen LogP contribution in [-0.4, -0.2) is 22.9 Å². The Hall–Kier alpha value is -2.11. The van der Waals surface area contributed by atoms with Gasteiger partial charge in [-0.05, 0) is 12.5 Å². The van der Waals surface area contributed by atoms with Gasteiger partial charge >= 0.3 is 0 Å². The van der Waals surface area contributed by atoms with Crippen LogP contribution in [0.5, 0.6) is 0 Å². The molecule has 2 unspecified atom stereocenters. The average molecular weight is 339 g/mol. The molecule has 132 valence electrons. The van der Waals surface area contributed by atoms with Crippen LogP contribution < -0.4 is 5.32 Å². The zero-order chi connectivity index (χ0) is 17.2. The highest BCUT2D eigenvalue weighted by molar-refractivity contribution is 5.82. The number of para-hydroxylation sites is 1. The zero-order valence-corrected chi connectivity index (χ0v) is 14.9. The molecular weight excluding hydrogens is 314 g/mol. The van der Waals surface area contributed by atoms with Crippen LogP contribution in [0.2, 0.25) is 0 Å². The Morgan fingerprint density at radius 2 is 2.20 bits per heavy atom. The van der Waals surface area contributed by atoms with Crippen molar-refractivity contribution in [3.63, 3.8) is 0 Å². The molecule has 0 saturated carbocycles. The van der Waals surface area contributed by atoms with Gasteiger partial charge in [-0.2, -0.15) is 5.10 Å². The molecule has 1 fully saturated rings. The number of ether oxygens (including phenoxy) is 1. The summed E-state index contributed by atoms with van der Waals surface area (Å²) in [4.78, 5) is 0. The molecule has 5 heteroatoms. The van der Waals surface area contributed by atoms with E-state index < -0.39 is 0 Å². The fraction of sp³-hybridized carbons (Fsp3) is 0.450. The molecule has 3 aromatic rings. The number of aromatic nitrogens is 2. The predicted octanol–water partition coefficient (Wildman–Crippen LogP) is 3.60. The number of fused-ring (bicyclic) bond motifs is 1. The van der Waals surface area contributed by atoms with Crippen molar-refractivity contribution in [1.82, 2.24) is 15.1 Å². The number of benzene rings is 1. The number of nitrogens with zero attached hydrogens (tertiary/aromatic N) is 2. The van der Waals surface area contributed by atoms with Gasteiger partial charge in [-0.3, -0.25) is 4.68 Å². The largest absolute Gasteiger partial charge is 0.461 e. The third kappa shape index (κ3) is 3.22. The van der Waals surface area contributed by atoms with Crippen LogP contribution in [0, 0.1) is 5.92 Å². The molecule has 4 rings (SSSR count). The van der Waals surface area contributed by atoms with Crippen LogP contribution in [0.4, 0.5) is 0 Å². The predicted molar refractivity (Wildman–Crippen MR) is 97.3 cm³/mol. The van der Waals surface area contributed by atoms with Crippen molar-refractivity contribution in [3.05, 3.63) is 53.5 Å². The molecule has 1 N–H and O–H groups in total. The second-order valence-corrected chi connectivity index (χ2v) is 6.77. The molecule has 2 atom stereocenters. The van der Waals surface area contributed by atoms with Gasteiger partial charge in [-0.1, -0.05) is 25.1 Å². The third-order valence-electron chi connectivity index (χ3n) is 5.08. The van der Waals surface area contributed by atoms with Gasteiger partial charge < -0.3 is 14.5 Å². The van der Waals surface area contributed by atoms with Crippen molar-refractivity contribution in [1.29, 1.82) is 0 Å². The van der Waals surface area contributed by atoms with E-state index in [1.807, 2.05) is 30.1 Å². The Labute approximate surface area is 148 Å². The normalized spacial score (nSPS) is 20.6. The van der Waals surface area contributed by atoms with Crippen molar-refractivity contribution in [2.45, 2.75) is 32.4 Å². The van der Waals surface area contributed by atoms with Crippen LogP contribution in [-0.2, 0) is 24.8 Å². The topological polar surface area (TPSA) is 52.2 Å². The van der Waals surface area contributed by atoms with Gasteiger partial charge in [-0.15, -0.1) is 0 Å². The van der Waals surface area contributed by atoms with Gasteiger partial charge in [0, 0.05) is 61.8 Å². The van der Waals surface area contributed by atoms with Crippen molar-refractivity contribution in [2.24, 2.45) is 13.0 Å². The first-order chi connectivity index (χ1) is 12.3.